The van der Waals surface area contributed by atoms with Gasteiger partial charge in [-0.2, -0.15) is 5.10 Å². The summed E-state index contributed by atoms with van der Waals surface area (Å²) < 4.78 is 30.9. The highest BCUT2D eigenvalue weighted by molar-refractivity contribution is 7.80. The molecule has 0 atom stereocenters. The lowest BCUT2D eigenvalue weighted by Gasteiger charge is -2.08. The monoisotopic (exact) mass is 321 g/mol. The van der Waals surface area contributed by atoms with Crippen LogP contribution in [0.1, 0.15) is 5.56 Å². The van der Waals surface area contributed by atoms with Gasteiger partial charge in [0, 0.05) is 11.8 Å². The Morgan fingerprint density at radius 2 is 2.00 bits per heavy atom. The molecule has 0 aliphatic rings. The Morgan fingerprint density at radius 3 is 2.73 bits per heavy atom. The van der Waals surface area contributed by atoms with E-state index in [0.717, 1.165) is 17.8 Å². The molecule has 0 fully saturated rings. The van der Waals surface area contributed by atoms with Gasteiger partial charge in [0.25, 0.3) is 0 Å². The molecule has 0 saturated heterocycles. The van der Waals surface area contributed by atoms with E-state index in [1.165, 1.54) is 12.3 Å². The maximum absolute atomic E-state index is 13.0. The van der Waals surface area contributed by atoms with Crippen molar-refractivity contribution >= 4 is 29.2 Å². The maximum atomic E-state index is 13.0. The molecule has 2 aromatic rings. The molecule has 0 heterocycles. The summed E-state index contributed by atoms with van der Waals surface area (Å²) in [4.78, 5) is 0. The van der Waals surface area contributed by atoms with Gasteiger partial charge < -0.3 is 10.1 Å². The minimum atomic E-state index is -0.930. The number of methoxy groups -OCH3 is 1. The number of nitrogens with one attached hydrogen (secondary N) is 2. The molecule has 22 heavy (non-hydrogen) atoms. The van der Waals surface area contributed by atoms with Gasteiger partial charge in [0.1, 0.15) is 5.75 Å². The summed E-state index contributed by atoms with van der Waals surface area (Å²) in [7, 11) is 1.57. The normalized spacial score (nSPS) is 10.5. The van der Waals surface area contributed by atoms with Crippen LogP contribution in [0.5, 0.6) is 5.75 Å². The molecule has 0 radical (unpaired) electrons. The minimum absolute atomic E-state index is 0.257. The topological polar surface area (TPSA) is 45.6 Å². The molecule has 0 aliphatic carbocycles. The van der Waals surface area contributed by atoms with Crippen molar-refractivity contribution in [3.63, 3.8) is 0 Å². The molecular weight excluding hydrogens is 308 g/mol. The van der Waals surface area contributed by atoms with Gasteiger partial charge in [-0.25, -0.2) is 8.78 Å². The van der Waals surface area contributed by atoms with Gasteiger partial charge in [-0.15, -0.1) is 0 Å². The molecule has 0 spiro atoms. The molecule has 2 aromatic carbocycles. The zero-order valence-corrected chi connectivity index (χ0v) is 12.5. The number of benzene rings is 2. The van der Waals surface area contributed by atoms with E-state index in [4.69, 9.17) is 17.0 Å². The fraction of sp³-hybridized carbons (Fsp3) is 0.0667. The molecule has 0 unspecified atom stereocenters. The highest BCUT2D eigenvalue weighted by Gasteiger charge is 2.01. The third-order valence-electron chi connectivity index (χ3n) is 2.65. The Hall–Kier alpha value is -2.54. The number of hydrogen-bond donors (Lipinski definition) is 2. The Bertz CT molecular complexity index is 707. The Morgan fingerprint density at radius 1 is 1.18 bits per heavy atom. The predicted molar refractivity (Wildman–Crippen MR) is 86.3 cm³/mol. The minimum Gasteiger partial charge on any atom is -0.497 e. The molecular formula is C15H13F2N3OS. The van der Waals surface area contributed by atoms with Crippen LogP contribution in [-0.4, -0.2) is 18.4 Å². The molecule has 0 aromatic heterocycles. The van der Waals surface area contributed by atoms with Gasteiger partial charge in [0.2, 0.25) is 0 Å². The van der Waals surface area contributed by atoms with E-state index in [2.05, 4.69) is 15.8 Å². The zero-order valence-electron chi connectivity index (χ0n) is 11.6. The lowest BCUT2D eigenvalue weighted by atomic mass is 10.2. The van der Waals surface area contributed by atoms with Crippen LogP contribution in [0.2, 0.25) is 0 Å². The number of hydrazone groups is 1. The van der Waals surface area contributed by atoms with Crippen molar-refractivity contribution in [2.75, 3.05) is 12.4 Å². The summed E-state index contributed by atoms with van der Waals surface area (Å²) in [6, 6.07) is 10.7. The van der Waals surface area contributed by atoms with Crippen LogP contribution in [0.15, 0.2) is 47.6 Å². The van der Waals surface area contributed by atoms with Crippen LogP contribution in [0.25, 0.3) is 0 Å². The van der Waals surface area contributed by atoms with E-state index in [1.807, 2.05) is 18.2 Å². The van der Waals surface area contributed by atoms with E-state index in [0.29, 0.717) is 11.3 Å². The number of anilines is 1. The third-order valence-corrected chi connectivity index (χ3v) is 2.84. The fourth-order valence-electron chi connectivity index (χ4n) is 1.62. The number of rotatable bonds is 4. The van der Waals surface area contributed by atoms with Gasteiger partial charge >= 0.3 is 0 Å². The Kier molecular flexibility index (Phi) is 5.37. The molecule has 0 amide bonds. The number of thiocarbonyl (C=S) groups is 1. The second kappa shape index (κ2) is 7.46. The summed E-state index contributed by atoms with van der Waals surface area (Å²) in [5, 5.41) is 7.02. The molecule has 0 saturated carbocycles. The second-order valence-electron chi connectivity index (χ2n) is 4.23. The van der Waals surface area contributed by atoms with Crippen molar-refractivity contribution in [2.24, 2.45) is 5.10 Å². The van der Waals surface area contributed by atoms with Crippen molar-refractivity contribution in [3.8, 4) is 5.75 Å². The standard InChI is InChI=1S/C15H13F2N3OS/c1-21-12-4-2-3-11(8-12)19-15(22)20-18-9-10-5-6-13(16)14(17)7-10/h2-9H,1H3,(H2,19,20,22)/b18-9-. The quantitative estimate of drug-likeness (QED) is 0.515. The van der Waals surface area contributed by atoms with Gasteiger partial charge in [-0.3, -0.25) is 5.43 Å². The van der Waals surface area contributed by atoms with Gasteiger partial charge in [-0.1, -0.05) is 12.1 Å². The number of ether oxygens (including phenoxy) is 1. The van der Waals surface area contributed by atoms with Gasteiger partial charge in [-0.05, 0) is 42.0 Å². The van der Waals surface area contributed by atoms with Crippen LogP contribution in [0.4, 0.5) is 14.5 Å². The van der Waals surface area contributed by atoms with Crippen LogP contribution < -0.4 is 15.5 Å². The smallest absolute Gasteiger partial charge is 0.191 e. The van der Waals surface area contributed by atoms with Crippen LogP contribution in [0, 0.1) is 11.6 Å². The summed E-state index contributed by atoms with van der Waals surface area (Å²) in [5.41, 5.74) is 3.73. The Labute approximate surface area is 131 Å². The lowest BCUT2D eigenvalue weighted by Crippen LogP contribution is -2.23. The number of nitrogens with zero attached hydrogens (tertiary/aromatic N) is 1. The zero-order chi connectivity index (χ0) is 15.9. The maximum Gasteiger partial charge on any atom is 0.191 e. The highest BCUT2D eigenvalue weighted by Crippen LogP contribution is 2.16. The molecule has 4 nitrogen and oxygen atoms in total. The number of hydrogen-bond acceptors (Lipinski definition) is 3. The first-order valence-corrected chi connectivity index (χ1v) is 6.68. The molecule has 2 rings (SSSR count). The van der Waals surface area contributed by atoms with Crippen LogP contribution in [-0.2, 0) is 0 Å². The second-order valence-corrected chi connectivity index (χ2v) is 4.64. The van der Waals surface area contributed by atoms with E-state index in [9.17, 15) is 8.78 Å². The fourth-order valence-corrected chi connectivity index (χ4v) is 1.79. The molecule has 114 valence electrons. The van der Waals surface area contributed by atoms with Crippen molar-refractivity contribution in [1.82, 2.24) is 5.43 Å². The first-order chi connectivity index (χ1) is 10.6. The van der Waals surface area contributed by atoms with Crippen molar-refractivity contribution in [1.29, 1.82) is 0 Å². The molecule has 7 heteroatoms. The van der Waals surface area contributed by atoms with E-state index >= 15 is 0 Å². The molecule has 2 N–H and O–H groups in total. The summed E-state index contributed by atoms with van der Waals surface area (Å²) >= 11 is 5.07. The Balaban J connectivity index is 1.91. The summed E-state index contributed by atoms with van der Waals surface area (Å²) in [6.45, 7) is 0. The first-order valence-electron chi connectivity index (χ1n) is 6.27. The summed E-state index contributed by atoms with van der Waals surface area (Å²) in [6.07, 6.45) is 1.34. The predicted octanol–water partition coefficient (Wildman–Crippen LogP) is 3.29. The van der Waals surface area contributed by atoms with Crippen molar-refractivity contribution in [3.05, 3.63) is 59.7 Å². The molecule has 0 bridgehead atoms. The van der Waals surface area contributed by atoms with E-state index in [-0.39, 0.29) is 5.11 Å². The van der Waals surface area contributed by atoms with Crippen LogP contribution in [0.3, 0.4) is 0 Å². The van der Waals surface area contributed by atoms with Crippen molar-refractivity contribution in [2.45, 2.75) is 0 Å². The summed E-state index contributed by atoms with van der Waals surface area (Å²) in [5.74, 6) is -1.14. The van der Waals surface area contributed by atoms with E-state index < -0.39 is 11.6 Å². The SMILES string of the molecule is COc1cccc(NC(=S)N/N=C\c2ccc(F)c(F)c2)c1. The number of halogens is 2. The largest absolute Gasteiger partial charge is 0.497 e. The van der Waals surface area contributed by atoms with Gasteiger partial charge in [0.15, 0.2) is 16.7 Å². The van der Waals surface area contributed by atoms with E-state index in [1.54, 1.807) is 13.2 Å². The lowest BCUT2D eigenvalue weighted by molar-refractivity contribution is 0.415. The van der Waals surface area contributed by atoms with Crippen molar-refractivity contribution < 1.29 is 13.5 Å². The van der Waals surface area contributed by atoms with Crippen LogP contribution >= 0.6 is 12.2 Å². The average molecular weight is 321 g/mol. The third kappa shape index (κ3) is 4.49. The van der Waals surface area contributed by atoms with Gasteiger partial charge in [0.05, 0.1) is 13.3 Å². The first kappa shape index (κ1) is 15.8. The average Bonchev–Trinajstić information content (AvgIpc) is 2.51. The molecule has 0 aliphatic heterocycles. The highest BCUT2D eigenvalue weighted by atomic mass is 32.1.